The predicted octanol–water partition coefficient (Wildman–Crippen LogP) is 5.57. The molecule has 2 heterocycles. The second kappa shape index (κ2) is 8.15. The topological polar surface area (TPSA) is 16.1 Å². The molecular formula is C23H26N2S. The van der Waals surface area contributed by atoms with Crippen LogP contribution in [0.3, 0.4) is 0 Å². The van der Waals surface area contributed by atoms with Gasteiger partial charge in [-0.3, -0.25) is 4.90 Å². The lowest BCUT2D eigenvalue weighted by atomic mass is 9.90. The first-order valence-electron chi connectivity index (χ1n) is 9.54. The summed E-state index contributed by atoms with van der Waals surface area (Å²) in [5.74, 6) is 0.826. The summed E-state index contributed by atoms with van der Waals surface area (Å²) in [4.78, 5) is 7.47. The zero-order chi connectivity index (χ0) is 17.8. The summed E-state index contributed by atoms with van der Waals surface area (Å²) in [6, 6.07) is 19.4. The van der Waals surface area contributed by atoms with Crippen LogP contribution in [0.15, 0.2) is 60.0 Å². The first kappa shape index (κ1) is 17.4. The maximum Gasteiger partial charge on any atom is 0.123 e. The van der Waals surface area contributed by atoms with Crippen LogP contribution < -0.4 is 0 Å². The van der Waals surface area contributed by atoms with Crippen LogP contribution >= 0.6 is 11.3 Å². The fourth-order valence-electron chi connectivity index (χ4n) is 3.84. The van der Waals surface area contributed by atoms with Gasteiger partial charge in [0.15, 0.2) is 0 Å². The number of likely N-dealkylation sites (tertiary alicyclic amines) is 1. The van der Waals surface area contributed by atoms with Crippen molar-refractivity contribution >= 4 is 11.3 Å². The number of hydrogen-bond acceptors (Lipinski definition) is 3. The maximum absolute atomic E-state index is 4.90. The molecule has 2 aromatic carbocycles. The van der Waals surface area contributed by atoms with Crippen molar-refractivity contribution < 1.29 is 0 Å². The first-order chi connectivity index (χ1) is 12.8. The molecule has 0 N–H and O–H groups in total. The van der Waals surface area contributed by atoms with Crippen LogP contribution in [0.25, 0.3) is 10.6 Å². The van der Waals surface area contributed by atoms with Gasteiger partial charge in [0, 0.05) is 17.5 Å². The van der Waals surface area contributed by atoms with Crippen molar-refractivity contribution in [2.24, 2.45) is 5.92 Å². The van der Waals surface area contributed by atoms with Crippen LogP contribution in [-0.4, -0.2) is 23.0 Å². The highest BCUT2D eigenvalue weighted by atomic mass is 32.1. The quantitative estimate of drug-likeness (QED) is 0.589. The van der Waals surface area contributed by atoms with Gasteiger partial charge in [-0.25, -0.2) is 4.98 Å². The van der Waals surface area contributed by atoms with Gasteiger partial charge in [0.1, 0.15) is 5.01 Å². The molecule has 1 aliphatic rings. The minimum atomic E-state index is 0.826. The molecule has 1 aromatic heterocycles. The Morgan fingerprint density at radius 1 is 1.00 bits per heavy atom. The standard InChI is InChI=1S/C23H26N2S/c1-18-7-5-6-10-22(18)23-24-21(17-26-23)16-25-13-11-20(12-14-25)15-19-8-3-2-4-9-19/h2-10,17,20H,11-16H2,1H3. The van der Waals surface area contributed by atoms with E-state index >= 15 is 0 Å². The minimum absolute atomic E-state index is 0.826. The average Bonchev–Trinajstić information content (AvgIpc) is 3.13. The highest BCUT2D eigenvalue weighted by Crippen LogP contribution is 2.28. The average molecular weight is 363 g/mol. The van der Waals surface area contributed by atoms with Crippen LogP contribution in [0.1, 0.15) is 29.7 Å². The van der Waals surface area contributed by atoms with Crippen molar-refractivity contribution in [2.45, 2.75) is 32.7 Å². The van der Waals surface area contributed by atoms with Crippen molar-refractivity contribution in [1.82, 2.24) is 9.88 Å². The molecule has 3 heteroatoms. The number of aryl methyl sites for hydroxylation is 1. The molecule has 3 aromatic rings. The fourth-order valence-corrected chi connectivity index (χ4v) is 4.74. The number of aromatic nitrogens is 1. The van der Waals surface area contributed by atoms with Crippen LogP contribution in [-0.2, 0) is 13.0 Å². The first-order valence-corrected chi connectivity index (χ1v) is 10.4. The number of thiazole rings is 1. The molecule has 0 amide bonds. The lowest BCUT2D eigenvalue weighted by molar-refractivity contribution is 0.175. The summed E-state index contributed by atoms with van der Waals surface area (Å²) < 4.78 is 0. The van der Waals surface area contributed by atoms with Crippen LogP contribution in [0.4, 0.5) is 0 Å². The Morgan fingerprint density at radius 2 is 1.73 bits per heavy atom. The Morgan fingerprint density at radius 3 is 2.50 bits per heavy atom. The summed E-state index contributed by atoms with van der Waals surface area (Å²) in [7, 11) is 0. The third kappa shape index (κ3) is 4.22. The van der Waals surface area contributed by atoms with E-state index in [4.69, 9.17) is 4.98 Å². The minimum Gasteiger partial charge on any atom is -0.297 e. The molecule has 1 fully saturated rings. The molecule has 0 saturated carbocycles. The van der Waals surface area contributed by atoms with Crippen molar-refractivity contribution in [3.63, 3.8) is 0 Å². The smallest absolute Gasteiger partial charge is 0.123 e. The maximum atomic E-state index is 4.90. The van der Waals surface area contributed by atoms with E-state index in [-0.39, 0.29) is 0 Å². The van der Waals surface area contributed by atoms with Gasteiger partial charge in [-0.05, 0) is 56.3 Å². The van der Waals surface area contributed by atoms with Crippen molar-refractivity contribution in [1.29, 1.82) is 0 Å². The van der Waals surface area contributed by atoms with Crippen LogP contribution in [0.5, 0.6) is 0 Å². The Hall–Kier alpha value is -1.97. The van der Waals surface area contributed by atoms with Crippen molar-refractivity contribution in [3.8, 4) is 10.6 Å². The monoisotopic (exact) mass is 362 g/mol. The number of rotatable bonds is 5. The van der Waals surface area contributed by atoms with E-state index in [9.17, 15) is 0 Å². The Balaban J connectivity index is 1.32. The molecule has 1 aliphatic heterocycles. The van der Waals surface area contributed by atoms with Gasteiger partial charge in [0.2, 0.25) is 0 Å². The molecule has 0 atom stereocenters. The van der Waals surface area contributed by atoms with Crippen molar-refractivity contribution in [3.05, 3.63) is 76.8 Å². The van der Waals surface area contributed by atoms with E-state index < -0.39 is 0 Å². The number of benzene rings is 2. The summed E-state index contributed by atoms with van der Waals surface area (Å²) in [6.45, 7) is 5.53. The SMILES string of the molecule is Cc1ccccc1-c1nc(CN2CCC(Cc3ccccc3)CC2)cs1. The third-order valence-corrected chi connectivity index (χ3v) is 6.31. The highest BCUT2D eigenvalue weighted by molar-refractivity contribution is 7.13. The zero-order valence-corrected chi connectivity index (χ0v) is 16.2. The lowest BCUT2D eigenvalue weighted by Crippen LogP contribution is -2.33. The van der Waals surface area contributed by atoms with Crippen LogP contribution in [0.2, 0.25) is 0 Å². The van der Waals surface area contributed by atoms with Gasteiger partial charge < -0.3 is 0 Å². The molecule has 0 radical (unpaired) electrons. The number of nitrogens with zero attached hydrogens (tertiary/aromatic N) is 2. The summed E-state index contributed by atoms with van der Waals surface area (Å²) in [6.07, 6.45) is 3.82. The summed E-state index contributed by atoms with van der Waals surface area (Å²) >= 11 is 1.77. The second-order valence-corrected chi connectivity index (χ2v) is 8.23. The Labute approximate surface area is 160 Å². The summed E-state index contributed by atoms with van der Waals surface area (Å²) in [5, 5.41) is 3.38. The molecule has 26 heavy (non-hydrogen) atoms. The predicted molar refractivity (Wildman–Crippen MR) is 110 cm³/mol. The van der Waals surface area contributed by atoms with Gasteiger partial charge in [0.25, 0.3) is 0 Å². The molecule has 0 aliphatic carbocycles. The molecule has 0 spiro atoms. The van der Waals surface area contributed by atoms with E-state index in [2.05, 4.69) is 71.8 Å². The molecule has 134 valence electrons. The second-order valence-electron chi connectivity index (χ2n) is 7.37. The van der Waals surface area contributed by atoms with Gasteiger partial charge in [-0.2, -0.15) is 0 Å². The normalized spacial score (nSPS) is 16.0. The Bertz CT molecular complexity index is 832. The van der Waals surface area contributed by atoms with E-state index in [1.165, 1.54) is 54.7 Å². The van der Waals surface area contributed by atoms with Gasteiger partial charge in [-0.15, -0.1) is 11.3 Å². The van der Waals surface area contributed by atoms with E-state index in [1.54, 1.807) is 11.3 Å². The Kier molecular flexibility index (Phi) is 5.47. The zero-order valence-electron chi connectivity index (χ0n) is 15.4. The highest BCUT2D eigenvalue weighted by Gasteiger charge is 2.20. The molecule has 0 bridgehead atoms. The molecular weight excluding hydrogens is 336 g/mol. The fraction of sp³-hybridized carbons (Fsp3) is 0.348. The van der Waals surface area contributed by atoms with Crippen LogP contribution in [0, 0.1) is 12.8 Å². The molecule has 2 nitrogen and oxygen atoms in total. The van der Waals surface area contributed by atoms with Crippen molar-refractivity contribution in [2.75, 3.05) is 13.1 Å². The van der Waals surface area contributed by atoms with Gasteiger partial charge >= 0.3 is 0 Å². The molecule has 4 rings (SSSR count). The third-order valence-electron chi connectivity index (χ3n) is 5.39. The largest absolute Gasteiger partial charge is 0.297 e. The number of piperidine rings is 1. The summed E-state index contributed by atoms with van der Waals surface area (Å²) in [5.41, 5.74) is 5.27. The van der Waals surface area contributed by atoms with Gasteiger partial charge in [0.05, 0.1) is 5.69 Å². The van der Waals surface area contributed by atoms with E-state index in [0.29, 0.717) is 0 Å². The van der Waals surface area contributed by atoms with E-state index in [0.717, 1.165) is 17.5 Å². The lowest BCUT2D eigenvalue weighted by Gasteiger charge is -2.31. The molecule has 1 saturated heterocycles. The van der Waals surface area contributed by atoms with Gasteiger partial charge in [-0.1, -0.05) is 54.6 Å². The molecule has 0 unspecified atom stereocenters. The van der Waals surface area contributed by atoms with E-state index in [1.807, 2.05) is 0 Å². The number of hydrogen-bond donors (Lipinski definition) is 0.